The molecule has 3 heterocycles. The number of piperidine rings is 1. The summed E-state index contributed by atoms with van der Waals surface area (Å²) in [6.07, 6.45) is 6.64. The number of amides is 2. The molecule has 3 N–H and O–H groups in total. The first-order chi connectivity index (χ1) is 21.3. The van der Waals surface area contributed by atoms with Crippen molar-refractivity contribution in [1.29, 1.82) is 0 Å². The van der Waals surface area contributed by atoms with E-state index >= 15 is 0 Å². The summed E-state index contributed by atoms with van der Waals surface area (Å²) >= 11 is 12.7. The van der Waals surface area contributed by atoms with Crippen LogP contribution in [0.2, 0.25) is 10.0 Å². The highest BCUT2D eigenvalue weighted by Gasteiger charge is 2.26. The monoisotopic (exact) mass is 629 g/mol. The van der Waals surface area contributed by atoms with E-state index in [4.69, 9.17) is 23.2 Å². The number of likely N-dealkylation sites (tertiary alicyclic amines) is 1. The fraction of sp³-hybridized carbons (Fsp3) is 0.314. The number of hydrogen-bond acceptors (Lipinski definition) is 3. The van der Waals surface area contributed by atoms with Crippen molar-refractivity contribution in [1.82, 2.24) is 25.1 Å². The van der Waals surface area contributed by atoms with E-state index in [1.165, 1.54) is 10.9 Å². The number of benzene rings is 3. The van der Waals surface area contributed by atoms with Crippen LogP contribution in [0.25, 0.3) is 21.8 Å². The summed E-state index contributed by atoms with van der Waals surface area (Å²) in [5, 5.41) is 6.94. The van der Waals surface area contributed by atoms with Crippen molar-refractivity contribution in [2.75, 3.05) is 26.2 Å². The number of aromatic amines is 2. The molecule has 0 aliphatic carbocycles. The van der Waals surface area contributed by atoms with Gasteiger partial charge in [0.05, 0.1) is 12.6 Å². The molecule has 0 saturated carbocycles. The molecule has 3 aromatic carbocycles. The standard InChI is InChI=1S/C35H37Cl2N5O2/c1-23(43)42(20-25-6-2-4-8-32(25)37)21-28(16-26-18-38-33-9-5-3-7-29(26)33)40-35(44)22-41-14-12-24(13-15-41)31-19-39-34-11-10-27(36)17-30(31)34/h2-11,17-19,24,28,38-39H,12-16,20-22H2,1H3,(H,40,44)/t28-/m1/s1. The Morgan fingerprint density at radius 1 is 0.932 bits per heavy atom. The average molecular weight is 631 g/mol. The molecular formula is C35H37Cl2N5O2. The predicted octanol–water partition coefficient (Wildman–Crippen LogP) is 6.91. The maximum Gasteiger partial charge on any atom is 0.234 e. The van der Waals surface area contributed by atoms with Crippen LogP contribution in [0, 0.1) is 0 Å². The molecule has 2 amide bonds. The molecule has 0 radical (unpaired) electrons. The minimum atomic E-state index is -0.276. The summed E-state index contributed by atoms with van der Waals surface area (Å²) in [7, 11) is 0. The molecule has 0 spiro atoms. The Labute approximate surface area is 267 Å². The van der Waals surface area contributed by atoms with Gasteiger partial charge in [0.1, 0.15) is 0 Å². The van der Waals surface area contributed by atoms with Crippen molar-refractivity contribution in [3.8, 4) is 0 Å². The Morgan fingerprint density at radius 2 is 1.66 bits per heavy atom. The number of hydrogen-bond donors (Lipinski definition) is 3. The van der Waals surface area contributed by atoms with Crippen LogP contribution < -0.4 is 5.32 Å². The van der Waals surface area contributed by atoms with E-state index in [-0.39, 0.29) is 17.9 Å². The second-order valence-electron chi connectivity index (χ2n) is 11.8. The van der Waals surface area contributed by atoms with E-state index in [2.05, 4.69) is 32.4 Å². The zero-order valence-corrected chi connectivity index (χ0v) is 26.3. The lowest BCUT2D eigenvalue weighted by molar-refractivity contribution is -0.131. The van der Waals surface area contributed by atoms with Gasteiger partial charge in [-0.1, -0.05) is 59.6 Å². The first-order valence-electron chi connectivity index (χ1n) is 15.2. The van der Waals surface area contributed by atoms with Gasteiger partial charge in [0, 0.05) is 64.3 Å². The highest BCUT2D eigenvalue weighted by Crippen LogP contribution is 2.34. The zero-order chi connectivity index (χ0) is 30.6. The van der Waals surface area contributed by atoms with Gasteiger partial charge >= 0.3 is 0 Å². The van der Waals surface area contributed by atoms with Gasteiger partial charge in [-0.15, -0.1) is 0 Å². The number of fused-ring (bicyclic) bond motifs is 2. The molecule has 228 valence electrons. The Kier molecular flexibility index (Phi) is 9.26. The van der Waals surface area contributed by atoms with Gasteiger partial charge in [-0.2, -0.15) is 0 Å². The number of halogens is 2. The summed E-state index contributed by atoms with van der Waals surface area (Å²) < 4.78 is 0. The van der Waals surface area contributed by atoms with Gasteiger partial charge in [0.2, 0.25) is 11.8 Å². The lowest BCUT2D eigenvalue weighted by atomic mass is 9.89. The molecule has 7 nitrogen and oxygen atoms in total. The number of aromatic nitrogens is 2. The van der Waals surface area contributed by atoms with Crippen molar-refractivity contribution in [3.05, 3.63) is 106 Å². The van der Waals surface area contributed by atoms with E-state index in [0.29, 0.717) is 37.0 Å². The Morgan fingerprint density at radius 3 is 2.45 bits per heavy atom. The number of nitrogens with zero attached hydrogens (tertiary/aromatic N) is 2. The van der Waals surface area contributed by atoms with Crippen molar-refractivity contribution in [2.24, 2.45) is 0 Å². The van der Waals surface area contributed by atoms with Crippen LogP contribution in [-0.2, 0) is 22.6 Å². The molecule has 5 aromatic rings. The maximum atomic E-state index is 13.5. The number of H-pyrrole nitrogens is 2. The number of carbonyl (C=O) groups is 2. The minimum Gasteiger partial charge on any atom is -0.361 e. The summed E-state index contributed by atoms with van der Waals surface area (Å²) in [6.45, 7) is 4.31. The number of nitrogens with one attached hydrogen (secondary N) is 3. The highest BCUT2D eigenvalue weighted by atomic mass is 35.5. The van der Waals surface area contributed by atoms with Crippen LogP contribution in [-0.4, -0.2) is 63.8 Å². The molecule has 1 atom stereocenters. The molecule has 1 fully saturated rings. The summed E-state index contributed by atoms with van der Waals surface area (Å²) in [6, 6.07) is 21.4. The van der Waals surface area contributed by atoms with Gasteiger partial charge in [-0.05, 0) is 85.3 Å². The van der Waals surface area contributed by atoms with E-state index < -0.39 is 0 Å². The van der Waals surface area contributed by atoms with Gasteiger partial charge in [0.25, 0.3) is 0 Å². The maximum absolute atomic E-state index is 13.5. The molecule has 0 bridgehead atoms. The van der Waals surface area contributed by atoms with Gasteiger partial charge < -0.3 is 20.2 Å². The zero-order valence-electron chi connectivity index (χ0n) is 24.8. The van der Waals surface area contributed by atoms with E-state index in [1.54, 1.807) is 11.8 Å². The first kappa shape index (κ1) is 30.3. The van der Waals surface area contributed by atoms with Crippen LogP contribution in [0.1, 0.15) is 42.4 Å². The smallest absolute Gasteiger partial charge is 0.234 e. The third-order valence-corrected chi connectivity index (χ3v) is 9.39. The third kappa shape index (κ3) is 6.96. The Balaban J connectivity index is 1.13. The second-order valence-corrected chi connectivity index (χ2v) is 12.6. The summed E-state index contributed by atoms with van der Waals surface area (Å²) in [5.41, 5.74) is 5.43. The van der Waals surface area contributed by atoms with E-state index in [0.717, 1.165) is 58.5 Å². The number of rotatable bonds is 10. The summed E-state index contributed by atoms with van der Waals surface area (Å²) in [5.74, 6) is 0.322. The fourth-order valence-electron chi connectivity index (χ4n) is 6.46. The third-order valence-electron chi connectivity index (χ3n) is 8.78. The van der Waals surface area contributed by atoms with Crippen molar-refractivity contribution in [3.63, 3.8) is 0 Å². The molecular weight excluding hydrogens is 593 g/mol. The van der Waals surface area contributed by atoms with Crippen LogP contribution in [0.5, 0.6) is 0 Å². The minimum absolute atomic E-state index is 0.0339. The number of para-hydroxylation sites is 1. The van der Waals surface area contributed by atoms with E-state index in [1.807, 2.05) is 66.9 Å². The molecule has 0 unspecified atom stereocenters. The molecule has 9 heteroatoms. The van der Waals surface area contributed by atoms with Gasteiger partial charge in [-0.3, -0.25) is 14.5 Å². The SMILES string of the molecule is CC(=O)N(Cc1ccccc1Cl)C[C@@H](Cc1c[nH]c2ccccc12)NC(=O)CN1CCC(c2c[nH]c3ccc(Cl)cc23)CC1. The molecule has 1 aliphatic heterocycles. The molecule has 44 heavy (non-hydrogen) atoms. The predicted molar refractivity (Wildman–Crippen MR) is 178 cm³/mol. The number of carbonyl (C=O) groups excluding carboxylic acids is 2. The van der Waals surface area contributed by atoms with Gasteiger partial charge in [-0.25, -0.2) is 0 Å². The largest absolute Gasteiger partial charge is 0.361 e. The molecule has 1 aliphatic rings. The molecule has 2 aromatic heterocycles. The lowest BCUT2D eigenvalue weighted by Gasteiger charge is -2.32. The van der Waals surface area contributed by atoms with Crippen LogP contribution >= 0.6 is 23.2 Å². The molecule has 1 saturated heterocycles. The van der Waals surface area contributed by atoms with E-state index in [9.17, 15) is 9.59 Å². The lowest BCUT2D eigenvalue weighted by Crippen LogP contribution is -2.49. The quantitative estimate of drug-likeness (QED) is 0.157. The van der Waals surface area contributed by atoms with Crippen LogP contribution in [0.4, 0.5) is 0 Å². The Hall–Kier alpha value is -3.78. The topological polar surface area (TPSA) is 84.2 Å². The van der Waals surface area contributed by atoms with Crippen molar-refractivity contribution in [2.45, 2.75) is 44.7 Å². The highest BCUT2D eigenvalue weighted by molar-refractivity contribution is 6.31. The second kappa shape index (κ2) is 13.5. The molecule has 6 rings (SSSR count). The first-order valence-corrected chi connectivity index (χ1v) is 15.9. The van der Waals surface area contributed by atoms with Crippen molar-refractivity contribution >= 4 is 56.8 Å². The van der Waals surface area contributed by atoms with Crippen LogP contribution in [0.3, 0.4) is 0 Å². The average Bonchev–Trinajstić information content (AvgIpc) is 3.62. The normalized spacial score (nSPS) is 15.1. The fourth-order valence-corrected chi connectivity index (χ4v) is 6.83. The van der Waals surface area contributed by atoms with Crippen LogP contribution in [0.15, 0.2) is 79.1 Å². The summed E-state index contributed by atoms with van der Waals surface area (Å²) in [4.78, 5) is 37.0. The Bertz CT molecular complexity index is 1770. The van der Waals surface area contributed by atoms with Crippen molar-refractivity contribution < 1.29 is 9.59 Å². The van der Waals surface area contributed by atoms with Gasteiger partial charge in [0.15, 0.2) is 0 Å².